The molecule has 0 radical (unpaired) electrons. The molecule has 1 aliphatic heterocycles. The number of anilines is 1. The summed E-state index contributed by atoms with van der Waals surface area (Å²) in [6, 6.07) is 27.5. The molecule has 31 heavy (non-hydrogen) atoms. The number of rotatable bonds is 8. The number of amides is 1. The first-order valence-corrected chi connectivity index (χ1v) is 12.0. The molecule has 4 rings (SSSR count). The molecule has 0 N–H and O–H groups in total. The van der Waals surface area contributed by atoms with Gasteiger partial charge in [-0.15, -0.1) is 0 Å². The van der Waals surface area contributed by atoms with E-state index in [1.165, 1.54) is 5.56 Å². The Hall–Kier alpha value is -3.03. The number of ether oxygens (including phenoxy) is 2. The van der Waals surface area contributed by atoms with E-state index in [0.717, 1.165) is 22.3 Å². The predicted molar refractivity (Wildman–Crippen MR) is 123 cm³/mol. The van der Waals surface area contributed by atoms with Gasteiger partial charge in [-0.1, -0.05) is 0 Å². The molecule has 0 unspecified atom stereocenters. The predicted octanol–water partition coefficient (Wildman–Crippen LogP) is 4.03. The van der Waals surface area contributed by atoms with E-state index in [-0.39, 0.29) is 33.5 Å². The van der Waals surface area contributed by atoms with Gasteiger partial charge >= 0.3 is 189 Å². The Bertz CT molecular complexity index is 1060. The van der Waals surface area contributed by atoms with Crippen molar-refractivity contribution in [3.05, 3.63) is 96.1 Å². The van der Waals surface area contributed by atoms with Crippen molar-refractivity contribution >= 4 is 26.6 Å². The fourth-order valence-electron chi connectivity index (χ4n) is 3.76. The van der Waals surface area contributed by atoms with Crippen LogP contribution >= 0.6 is 0 Å². The molecule has 1 amide bonds. The van der Waals surface area contributed by atoms with Crippen molar-refractivity contribution < 1.29 is 14.3 Å². The first-order valence-electron chi connectivity index (χ1n) is 9.97. The van der Waals surface area contributed by atoms with Crippen LogP contribution in [0.5, 0.6) is 5.75 Å². The third-order valence-electron chi connectivity index (χ3n) is 5.27. The quantitative estimate of drug-likeness (QED) is 0.280. The molecule has 0 aliphatic carbocycles. The monoisotopic (exact) mass is 477 g/mol. The van der Waals surface area contributed by atoms with E-state index in [1.807, 2.05) is 77.7 Å². The van der Waals surface area contributed by atoms with Gasteiger partial charge < -0.3 is 0 Å². The fraction of sp³-hybridized carbons (Fsp3) is 0.192. The molecule has 2 atom stereocenters. The summed E-state index contributed by atoms with van der Waals surface area (Å²) in [5.74, 6) is 3.26. The molecule has 0 aromatic heterocycles. The van der Waals surface area contributed by atoms with Gasteiger partial charge in [0.2, 0.25) is 0 Å². The molecule has 3 aromatic rings. The van der Waals surface area contributed by atoms with Crippen molar-refractivity contribution in [1.82, 2.24) is 0 Å². The summed E-state index contributed by atoms with van der Waals surface area (Å²) in [5.41, 5.74) is 3.04. The number of carbonyl (C=O) groups is 1. The Morgan fingerprint density at radius 2 is 1.65 bits per heavy atom. The molecule has 156 valence electrons. The van der Waals surface area contributed by atoms with Crippen LogP contribution in [0.1, 0.15) is 17.2 Å². The average molecular weight is 476 g/mol. The van der Waals surface area contributed by atoms with Crippen LogP contribution < -0.4 is 9.64 Å². The van der Waals surface area contributed by atoms with E-state index in [2.05, 4.69) is 18.1 Å². The molecule has 3 aromatic carbocycles. The topological polar surface area (TPSA) is 38.8 Å². The van der Waals surface area contributed by atoms with Crippen LogP contribution in [0.2, 0.25) is 0 Å². The minimum absolute atomic E-state index is 0.0438. The van der Waals surface area contributed by atoms with Gasteiger partial charge in [-0.05, 0) is 0 Å². The number of methoxy groups -OCH3 is 1. The first kappa shape index (κ1) is 21.2. The molecule has 5 heteroatoms. The van der Waals surface area contributed by atoms with Gasteiger partial charge in [0.15, 0.2) is 0 Å². The average Bonchev–Trinajstić information content (AvgIpc) is 2.84. The van der Waals surface area contributed by atoms with E-state index in [0.29, 0.717) is 0 Å². The number of hydrogen-bond acceptors (Lipinski definition) is 3. The van der Waals surface area contributed by atoms with Gasteiger partial charge in [-0.25, -0.2) is 0 Å². The molecular formula is C26H23NO3Se. The van der Waals surface area contributed by atoms with Crippen molar-refractivity contribution in [2.75, 3.05) is 18.6 Å². The van der Waals surface area contributed by atoms with E-state index < -0.39 is 4.50 Å². The second-order valence-corrected chi connectivity index (χ2v) is 9.60. The molecule has 0 bridgehead atoms. The standard InChI is InChI=1S/C26H23NO3Se/c1-3-18-30-26(31-19-20-10-6-4-7-11-20)24(21-12-8-5-9-13-21)27(25(26)28)22-14-16-23(29-2)17-15-22/h1,4-17,24H,18-19H2,2H3/t24-,26+/m1/s1. The van der Waals surface area contributed by atoms with E-state index in [1.54, 1.807) is 7.11 Å². The van der Waals surface area contributed by atoms with Gasteiger partial charge in [0.25, 0.3) is 0 Å². The number of terminal acetylenes is 1. The van der Waals surface area contributed by atoms with Crippen molar-refractivity contribution in [3.63, 3.8) is 0 Å². The Morgan fingerprint density at radius 1 is 1.00 bits per heavy atom. The molecule has 1 heterocycles. The zero-order chi connectivity index (χ0) is 21.7. The zero-order valence-corrected chi connectivity index (χ0v) is 18.9. The molecule has 4 nitrogen and oxygen atoms in total. The van der Waals surface area contributed by atoms with E-state index in [9.17, 15) is 4.79 Å². The van der Waals surface area contributed by atoms with Gasteiger partial charge in [0.05, 0.1) is 0 Å². The summed E-state index contributed by atoms with van der Waals surface area (Å²) in [5, 5.41) is 0.782. The zero-order valence-electron chi connectivity index (χ0n) is 17.2. The SMILES string of the molecule is C#CCO[C@@]1([Se]Cc2ccccc2)C(=O)N(c2ccc(OC)cc2)[C@@H]1c1ccccc1. The van der Waals surface area contributed by atoms with Gasteiger partial charge in [0, 0.05) is 0 Å². The molecule has 1 fully saturated rings. The number of carbonyl (C=O) groups excluding carboxylic acids is 1. The Balaban J connectivity index is 1.72. The van der Waals surface area contributed by atoms with Crippen LogP contribution in [0, 0.1) is 12.3 Å². The minimum atomic E-state index is -0.948. The van der Waals surface area contributed by atoms with E-state index in [4.69, 9.17) is 15.9 Å². The van der Waals surface area contributed by atoms with Crippen LogP contribution in [-0.4, -0.2) is 39.1 Å². The van der Waals surface area contributed by atoms with Crippen LogP contribution in [0.4, 0.5) is 5.69 Å². The molecule has 1 aliphatic rings. The van der Waals surface area contributed by atoms with Crippen molar-refractivity contribution in [2.45, 2.75) is 15.9 Å². The second-order valence-electron chi connectivity index (χ2n) is 7.12. The van der Waals surface area contributed by atoms with Gasteiger partial charge in [-0.2, -0.15) is 0 Å². The van der Waals surface area contributed by atoms with Crippen molar-refractivity contribution in [1.29, 1.82) is 0 Å². The summed E-state index contributed by atoms with van der Waals surface area (Å²) >= 11 is -0.161. The van der Waals surface area contributed by atoms with Crippen LogP contribution in [0.3, 0.4) is 0 Å². The summed E-state index contributed by atoms with van der Waals surface area (Å²) < 4.78 is 10.5. The fourth-order valence-corrected chi connectivity index (χ4v) is 6.56. The summed E-state index contributed by atoms with van der Waals surface area (Å²) in [6.45, 7) is 0.0993. The molecule has 0 saturated carbocycles. The Morgan fingerprint density at radius 3 is 2.26 bits per heavy atom. The summed E-state index contributed by atoms with van der Waals surface area (Å²) in [4.78, 5) is 15.5. The van der Waals surface area contributed by atoms with Crippen LogP contribution in [0.15, 0.2) is 84.9 Å². The van der Waals surface area contributed by atoms with Crippen LogP contribution in [-0.2, 0) is 14.9 Å². The number of hydrogen-bond donors (Lipinski definition) is 0. The maximum atomic E-state index is 13.7. The van der Waals surface area contributed by atoms with Crippen LogP contribution in [0.25, 0.3) is 0 Å². The number of benzene rings is 3. The van der Waals surface area contributed by atoms with Crippen molar-refractivity contribution in [3.8, 4) is 18.1 Å². The third-order valence-corrected chi connectivity index (χ3v) is 8.25. The normalized spacial score (nSPS) is 20.1. The molecular weight excluding hydrogens is 453 g/mol. The van der Waals surface area contributed by atoms with Gasteiger partial charge in [0.1, 0.15) is 0 Å². The Kier molecular flexibility index (Phi) is 6.44. The number of β-lactam (4-membered cyclic amide) rings is 1. The maximum absolute atomic E-state index is 13.7. The summed E-state index contributed by atoms with van der Waals surface area (Å²) in [7, 11) is 1.63. The molecule has 1 saturated heterocycles. The van der Waals surface area contributed by atoms with Gasteiger partial charge in [-0.3, -0.25) is 0 Å². The molecule has 0 spiro atoms. The van der Waals surface area contributed by atoms with E-state index >= 15 is 0 Å². The second kappa shape index (κ2) is 9.41. The number of nitrogens with zero attached hydrogens (tertiary/aromatic N) is 1. The van der Waals surface area contributed by atoms with Crippen molar-refractivity contribution in [2.24, 2.45) is 0 Å². The summed E-state index contributed by atoms with van der Waals surface area (Å²) in [6.07, 6.45) is 5.52. The Labute approximate surface area is 189 Å². The third kappa shape index (κ3) is 4.11. The first-order chi connectivity index (χ1) is 15.2.